The van der Waals surface area contributed by atoms with Gasteiger partial charge in [0.15, 0.2) is 0 Å². The first-order valence-corrected chi connectivity index (χ1v) is 8.04. The minimum atomic E-state index is -0.669. The van der Waals surface area contributed by atoms with E-state index >= 15 is 0 Å². The zero-order valence-corrected chi connectivity index (χ0v) is 13.0. The van der Waals surface area contributed by atoms with Gasteiger partial charge in [0, 0.05) is 25.6 Å². The van der Waals surface area contributed by atoms with Crippen LogP contribution in [0.15, 0.2) is 53.1 Å². The lowest BCUT2D eigenvalue weighted by atomic mass is 10.1. The Balaban J connectivity index is 1.54. The van der Waals surface area contributed by atoms with E-state index in [1.165, 1.54) is 0 Å². The van der Waals surface area contributed by atoms with E-state index in [1.807, 2.05) is 35.2 Å². The van der Waals surface area contributed by atoms with Gasteiger partial charge in [-0.05, 0) is 30.5 Å². The molecule has 0 saturated carbocycles. The standard InChI is InChI=1S/C18H22N2O3/c21-16(17-9-5-11-23-17)12-15-8-4-10-20(15)18(22)19-13-14-6-2-1-3-7-14/h1-3,5-7,9,11,15-16,21H,4,8,10,12-13H2,(H,19,22). The van der Waals surface area contributed by atoms with Gasteiger partial charge in [-0.25, -0.2) is 4.79 Å². The normalized spacial score (nSPS) is 18.8. The Hall–Kier alpha value is -2.27. The van der Waals surface area contributed by atoms with Gasteiger partial charge in [-0.1, -0.05) is 30.3 Å². The van der Waals surface area contributed by atoms with Crippen LogP contribution in [0.1, 0.15) is 36.7 Å². The van der Waals surface area contributed by atoms with Gasteiger partial charge in [0.05, 0.1) is 6.26 Å². The van der Waals surface area contributed by atoms with Crippen molar-refractivity contribution < 1.29 is 14.3 Å². The highest BCUT2D eigenvalue weighted by molar-refractivity contribution is 5.74. The summed E-state index contributed by atoms with van der Waals surface area (Å²) in [5, 5.41) is 13.2. The van der Waals surface area contributed by atoms with Crippen LogP contribution >= 0.6 is 0 Å². The molecule has 1 aliphatic rings. The van der Waals surface area contributed by atoms with Crippen molar-refractivity contribution in [3.63, 3.8) is 0 Å². The highest BCUT2D eigenvalue weighted by atomic mass is 16.4. The predicted molar refractivity (Wildman–Crippen MR) is 86.7 cm³/mol. The van der Waals surface area contributed by atoms with Crippen molar-refractivity contribution in [2.75, 3.05) is 6.54 Å². The molecule has 1 aromatic carbocycles. The van der Waals surface area contributed by atoms with E-state index in [2.05, 4.69) is 5.32 Å². The SMILES string of the molecule is O=C(NCc1ccccc1)N1CCCC1CC(O)c1ccco1. The summed E-state index contributed by atoms with van der Waals surface area (Å²) in [7, 11) is 0. The summed E-state index contributed by atoms with van der Waals surface area (Å²) in [6, 6.07) is 13.4. The van der Waals surface area contributed by atoms with Crippen molar-refractivity contribution in [2.24, 2.45) is 0 Å². The van der Waals surface area contributed by atoms with Gasteiger partial charge in [-0.3, -0.25) is 0 Å². The molecular formula is C18H22N2O3. The molecule has 1 saturated heterocycles. The minimum absolute atomic E-state index is 0.0471. The molecule has 23 heavy (non-hydrogen) atoms. The lowest BCUT2D eigenvalue weighted by Crippen LogP contribution is -2.43. The van der Waals surface area contributed by atoms with Crippen molar-refractivity contribution in [1.29, 1.82) is 0 Å². The Labute approximate surface area is 135 Å². The van der Waals surface area contributed by atoms with E-state index < -0.39 is 6.10 Å². The van der Waals surface area contributed by atoms with E-state index in [-0.39, 0.29) is 12.1 Å². The fourth-order valence-corrected chi connectivity index (χ4v) is 3.08. The number of aliphatic hydroxyl groups excluding tert-OH is 1. The van der Waals surface area contributed by atoms with E-state index in [1.54, 1.807) is 18.4 Å². The van der Waals surface area contributed by atoms with Crippen molar-refractivity contribution in [1.82, 2.24) is 10.2 Å². The molecule has 2 amide bonds. The summed E-state index contributed by atoms with van der Waals surface area (Å²) >= 11 is 0. The van der Waals surface area contributed by atoms with Crippen LogP contribution in [0.4, 0.5) is 4.79 Å². The molecule has 1 aromatic heterocycles. The summed E-state index contributed by atoms with van der Waals surface area (Å²) in [6.07, 6.45) is 3.27. The average molecular weight is 314 g/mol. The number of nitrogens with one attached hydrogen (secondary N) is 1. The van der Waals surface area contributed by atoms with Crippen LogP contribution in [-0.2, 0) is 6.54 Å². The molecule has 2 aromatic rings. The second-order valence-electron chi connectivity index (χ2n) is 5.90. The number of urea groups is 1. The summed E-state index contributed by atoms with van der Waals surface area (Å²) in [5.41, 5.74) is 1.08. The first kappa shape index (κ1) is 15.6. The van der Waals surface area contributed by atoms with Crippen molar-refractivity contribution >= 4 is 6.03 Å². The molecular weight excluding hydrogens is 292 g/mol. The van der Waals surface area contributed by atoms with Gasteiger partial charge in [-0.15, -0.1) is 0 Å². The fraction of sp³-hybridized carbons (Fsp3) is 0.389. The summed E-state index contributed by atoms with van der Waals surface area (Å²) in [5.74, 6) is 0.557. The number of hydrogen-bond acceptors (Lipinski definition) is 3. The molecule has 2 N–H and O–H groups in total. The molecule has 0 spiro atoms. The molecule has 1 aliphatic heterocycles. The Morgan fingerprint density at radius 1 is 1.30 bits per heavy atom. The van der Waals surface area contributed by atoms with Crippen molar-refractivity contribution in [3.05, 3.63) is 60.1 Å². The van der Waals surface area contributed by atoms with E-state index in [4.69, 9.17) is 4.42 Å². The fourth-order valence-electron chi connectivity index (χ4n) is 3.08. The molecule has 2 atom stereocenters. The summed E-state index contributed by atoms with van der Waals surface area (Å²) in [6.45, 7) is 1.25. The third-order valence-corrected chi connectivity index (χ3v) is 4.29. The van der Waals surface area contributed by atoms with Crippen LogP contribution in [0.5, 0.6) is 0 Å². The van der Waals surface area contributed by atoms with E-state index in [0.29, 0.717) is 18.7 Å². The van der Waals surface area contributed by atoms with Crippen LogP contribution in [0, 0.1) is 0 Å². The lowest BCUT2D eigenvalue weighted by Gasteiger charge is -2.26. The molecule has 5 heteroatoms. The maximum atomic E-state index is 12.4. The third-order valence-electron chi connectivity index (χ3n) is 4.29. The number of furan rings is 1. The second kappa shape index (κ2) is 7.33. The number of amides is 2. The number of benzene rings is 1. The number of nitrogens with zero attached hydrogens (tertiary/aromatic N) is 1. The smallest absolute Gasteiger partial charge is 0.317 e. The highest BCUT2D eigenvalue weighted by Gasteiger charge is 2.31. The first-order valence-electron chi connectivity index (χ1n) is 8.04. The van der Waals surface area contributed by atoms with Gasteiger partial charge in [0.2, 0.25) is 0 Å². The number of carbonyl (C=O) groups excluding carboxylic acids is 1. The largest absolute Gasteiger partial charge is 0.467 e. The zero-order valence-electron chi connectivity index (χ0n) is 13.0. The molecule has 0 radical (unpaired) electrons. The average Bonchev–Trinajstić information content (AvgIpc) is 3.25. The van der Waals surface area contributed by atoms with Crippen LogP contribution in [-0.4, -0.2) is 28.6 Å². The van der Waals surface area contributed by atoms with Gasteiger partial charge in [-0.2, -0.15) is 0 Å². The molecule has 5 nitrogen and oxygen atoms in total. The number of aliphatic hydroxyl groups is 1. The van der Waals surface area contributed by atoms with Crippen LogP contribution in [0.3, 0.4) is 0 Å². The minimum Gasteiger partial charge on any atom is -0.467 e. The van der Waals surface area contributed by atoms with Crippen LogP contribution in [0.2, 0.25) is 0 Å². The second-order valence-corrected chi connectivity index (χ2v) is 5.90. The zero-order chi connectivity index (χ0) is 16.1. The number of rotatable bonds is 5. The maximum Gasteiger partial charge on any atom is 0.317 e. The van der Waals surface area contributed by atoms with Gasteiger partial charge < -0.3 is 19.7 Å². The molecule has 2 heterocycles. The Morgan fingerprint density at radius 3 is 2.87 bits per heavy atom. The van der Waals surface area contributed by atoms with Crippen LogP contribution in [0.25, 0.3) is 0 Å². The van der Waals surface area contributed by atoms with Crippen LogP contribution < -0.4 is 5.32 Å². The topological polar surface area (TPSA) is 65.7 Å². The summed E-state index contributed by atoms with van der Waals surface area (Å²) < 4.78 is 5.24. The molecule has 2 unspecified atom stereocenters. The van der Waals surface area contributed by atoms with Gasteiger partial charge in [0.1, 0.15) is 11.9 Å². The number of likely N-dealkylation sites (tertiary alicyclic amines) is 1. The Bertz CT molecular complexity index is 612. The monoisotopic (exact) mass is 314 g/mol. The molecule has 1 fully saturated rings. The Morgan fingerprint density at radius 2 is 2.13 bits per heavy atom. The molecule has 122 valence electrons. The first-order chi connectivity index (χ1) is 11.2. The number of carbonyl (C=O) groups is 1. The van der Waals surface area contributed by atoms with E-state index in [0.717, 1.165) is 24.9 Å². The Kier molecular flexibility index (Phi) is 4.98. The lowest BCUT2D eigenvalue weighted by molar-refractivity contribution is 0.108. The third kappa shape index (κ3) is 3.93. The van der Waals surface area contributed by atoms with E-state index in [9.17, 15) is 9.90 Å². The highest BCUT2D eigenvalue weighted by Crippen LogP contribution is 2.27. The van der Waals surface area contributed by atoms with Crippen molar-refractivity contribution in [3.8, 4) is 0 Å². The summed E-state index contributed by atoms with van der Waals surface area (Å²) in [4.78, 5) is 14.2. The van der Waals surface area contributed by atoms with Gasteiger partial charge >= 0.3 is 6.03 Å². The quantitative estimate of drug-likeness (QED) is 0.891. The van der Waals surface area contributed by atoms with Gasteiger partial charge in [0.25, 0.3) is 0 Å². The molecule has 0 bridgehead atoms. The molecule has 3 rings (SSSR count). The maximum absolute atomic E-state index is 12.4. The predicted octanol–water partition coefficient (Wildman–Crippen LogP) is 3.08. The number of hydrogen-bond donors (Lipinski definition) is 2. The van der Waals surface area contributed by atoms with Crippen molar-refractivity contribution in [2.45, 2.75) is 38.0 Å². The molecule has 0 aliphatic carbocycles.